The molecular formula is C21H32O2S. The van der Waals surface area contributed by atoms with Crippen molar-refractivity contribution in [3.63, 3.8) is 0 Å². The van der Waals surface area contributed by atoms with Gasteiger partial charge in [-0.2, -0.15) is 11.8 Å². The highest BCUT2D eigenvalue weighted by Gasteiger charge is 2.22. The van der Waals surface area contributed by atoms with E-state index in [1.54, 1.807) is 7.11 Å². The predicted molar refractivity (Wildman–Crippen MR) is 107 cm³/mol. The molecule has 2 rings (SSSR count). The summed E-state index contributed by atoms with van der Waals surface area (Å²) in [6.45, 7) is 12.3. The van der Waals surface area contributed by atoms with Crippen LogP contribution in [0.25, 0.3) is 5.76 Å². The summed E-state index contributed by atoms with van der Waals surface area (Å²) >= 11 is 1.90. The Morgan fingerprint density at radius 3 is 2.42 bits per heavy atom. The fraction of sp³-hybridized carbons (Fsp3) is 0.524. The van der Waals surface area contributed by atoms with E-state index in [1.807, 2.05) is 50.7 Å². The van der Waals surface area contributed by atoms with Gasteiger partial charge in [-0.15, -0.1) is 0 Å². The van der Waals surface area contributed by atoms with E-state index in [2.05, 4.69) is 25.6 Å². The first-order valence-corrected chi connectivity index (χ1v) is 9.99. The number of hydrogen-bond acceptors (Lipinski definition) is 3. The van der Waals surface area contributed by atoms with E-state index in [-0.39, 0.29) is 0 Å². The molecule has 1 fully saturated rings. The number of benzene rings is 1. The summed E-state index contributed by atoms with van der Waals surface area (Å²) in [7, 11) is 1.73. The molecule has 0 N–H and O–H groups in total. The molecule has 1 aromatic rings. The third kappa shape index (κ3) is 6.37. The van der Waals surface area contributed by atoms with E-state index in [0.29, 0.717) is 12.2 Å². The van der Waals surface area contributed by atoms with Crippen molar-refractivity contribution in [3.05, 3.63) is 53.6 Å². The van der Waals surface area contributed by atoms with Gasteiger partial charge in [0.25, 0.3) is 0 Å². The molecule has 24 heavy (non-hydrogen) atoms. The maximum Gasteiger partial charge on any atom is 0.130 e. The number of rotatable bonds is 7. The zero-order chi connectivity index (χ0) is 17.9. The Hall–Kier alpha value is -1.19. The Bertz CT molecular complexity index is 522. The quantitative estimate of drug-likeness (QED) is 0.448. The maximum atomic E-state index is 5.88. The van der Waals surface area contributed by atoms with Crippen LogP contribution < -0.4 is 0 Å². The molecule has 0 radical (unpaired) electrons. The molecule has 2 unspecified atom stereocenters. The third-order valence-corrected chi connectivity index (χ3v) is 5.00. The van der Waals surface area contributed by atoms with Crippen LogP contribution in [0.5, 0.6) is 0 Å². The molecule has 2 atom stereocenters. The van der Waals surface area contributed by atoms with E-state index in [4.69, 9.17) is 9.47 Å². The van der Waals surface area contributed by atoms with Crippen LogP contribution in [0.15, 0.2) is 48.1 Å². The average Bonchev–Trinajstić information content (AvgIpc) is 3.02. The van der Waals surface area contributed by atoms with Gasteiger partial charge in [-0.3, -0.25) is 0 Å². The van der Waals surface area contributed by atoms with Crippen LogP contribution in [-0.2, 0) is 9.47 Å². The topological polar surface area (TPSA) is 18.5 Å². The molecular weight excluding hydrogens is 316 g/mol. The van der Waals surface area contributed by atoms with Crippen LogP contribution in [-0.4, -0.2) is 30.8 Å². The van der Waals surface area contributed by atoms with E-state index in [0.717, 1.165) is 28.4 Å². The first-order valence-electron chi connectivity index (χ1n) is 8.83. The third-order valence-electron chi connectivity index (χ3n) is 3.90. The van der Waals surface area contributed by atoms with Crippen molar-refractivity contribution in [1.29, 1.82) is 0 Å². The van der Waals surface area contributed by atoms with Crippen LogP contribution in [0.1, 0.15) is 46.1 Å². The molecule has 2 nitrogen and oxygen atoms in total. The monoisotopic (exact) mass is 348 g/mol. The average molecular weight is 349 g/mol. The summed E-state index contributed by atoms with van der Waals surface area (Å²) in [5.41, 5.74) is 3.35. The van der Waals surface area contributed by atoms with Crippen LogP contribution in [0.3, 0.4) is 0 Å². The molecule has 1 aliphatic heterocycles. The molecule has 1 heterocycles. The van der Waals surface area contributed by atoms with Gasteiger partial charge in [0.1, 0.15) is 5.76 Å². The fourth-order valence-corrected chi connectivity index (χ4v) is 3.90. The van der Waals surface area contributed by atoms with Crippen molar-refractivity contribution in [2.24, 2.45) is 0 Å². The van der Waals surface area contributed by atoms with Crippen LogP contribution in [0.4, 0.5) is 0 Å². The molecule has 0 bridgehead atoms. The zero-order valence-corrected chi connectivity index (χ0v) is 16.6. The summed E-state index contributed by atoms with van der Waals surface area (Å²) in [6.07, 6.45) is 3.17. The minimum atomic E-state index is 0.397. The standard InChI is InChI=1S/C19H26O2S.C2H6/c1-14(2)18(13-22-12-17-11-10-15(3)21-17)19(20-4)16-8-6-5-7-9-16;1-2/h5-9,15,17H,1,10-13H2,2-4H3;1-2H3/b19-18-;. The van der Waals surface area contributed by atoms with Crippen molar-refractivity contribution in [2.75, 3.05) is 18.6 Å². The number of methoxy groups -OCH3 is 1. The predicted octanol–water partition coefficient (Wildman–Crippen LogP) is 5.95. The molecule has 3 heteroatoms. The lowest BCUT2D eigenvalue weighted by molar-refractivity contribution is 0.0700. The van der Waals surface area contributed by atoms with Gasteiger partial charge < -0.3 is 9.47 Å². The number of hydrogen-bond donors (Lipinski definition) is 0. The minimum Gasteiger partial charge on any atom is -0.496 e. The van der Waals surface area contributed by atoms with E-state index < -0.39 is 0 Å². The second-order valence-corrected chi connectivity index (χ2v) is 6.85. The minimum absolute atomic E-state index is 0.397. The second kappa shape index (κ2) is 11.4. The highest BCUT2D eigenvalue weighted by molar-refractivity contribution is 7.99. The zero-order valence-electron chi connectivity index (χ0n) is 15.8. The molecule has 1 saturated heterocycles. The van der Waals surface area contributed by atoms with Gasteiger partial charge in [-0.05, 0) is 26.7 Å². The fourth-order valence-electron chi connectivity index (χ4n) is 2.69. The molecule has 1 aliphatic rings. The first kappa shape index (κ1) is 20.9. The van der Waals surface area contributed by atoms with Gasteiger partial charge in [-0.25, -0.2) is 0 Å². The van der Waals surface area contributed by atoms with E-state index in [9.17, 15) is 0 Å². The molecule has 0 spiro atoms. The molecule has 134 valence electrons. The first-order chi connectivity index (χ1) is 11.6. The van der Waals surface area contributed by atoms with E-state index in [1.165, 1.54) is 18.4 Å². The largest absolute Gasteiger partial charge is 0.496 e. The summed E-state index contributed by atoms with van der Waals surface area (Å²) in [5.74, 6) is 2.87. The maximum absolute atomic E-state index is 5.88. The van der Waals surface area contributed by atoms with Crippen molar-refractivity contribution >= 4 is 17.5 Å². The SMILES string of the molecule is C=C(C)/C(CSCC1CCC(C)O1)=C(\OC)c1ccccc1.CC. The van der Waals surface area contributed by atoms with Gasteiger partial charge >= 0.3 is 0 Å². The molecule has 0 amide bonds. The van der Waals surface area contributed by atoms with Gasteiger partial charge in [0.15, 0.2) is 0 Å². The summed E-state index contributed by atoms with van der Waals surface area (Å²) in [4.78, 5) is 0. The van der Waals surface area contributed by atoms with Gasteiger partial charge in [0.2, 0.25) is 0 Å². The Morgan fingerprint density at radius 1 is 1.25 bits per heavy atom. The highest BCUT2D eigenvalue weighted by atomic mass is 32.2. The Kier molecular flexibility index (Phi) is 9.89. The van der Waals surface area contributed by atoms with Crippen LogP contribution >= 0.6 is 11.8 Å². The molecule has 0 saturated carbocycles. The lowest BCUT2D eigenvalue weighted by Gasteiger charge is -2.16. The highest BCUT2D eigenvalue weighted by Crippen LogP contribution is 2.29. The molecule has 0 aliphatic carbocycles. The van der Waals surface area contributed by atoms with Gasteiger partial charge in [0.05, 0.1) is 19.3 Å². The Balaban J connectivity index is 0.00000139. The smallest absolute Gasteiger partial charge is 0.130 e. The van der Waals surface area contributed by atoms with E-state index >= 15 is 0 Å². The van der Waals surface area contributed by atoms with Crippen LogP contribution in [0, 0.1) is 0 Å². The molecule has 0 aromatic heterocycles. The molecule has 1 aromatic carbocycles. The second-order valence-electron chi connectivity index (χ2n) is 5.82. The summed E-state index contributed by atoms with van der Waals surface area (Å²) in [6, 6.07) is 10.2. The normalized spacial score (nSPS) is 20.7. The van der Waals surface area contributed by atoms with Crippen molar-refractivity contribution < 1.29 is 9.47 Å². The van der Waals surface area contributed by atoms with Gasteiger partial charge in [-0.1, -0.05) is 56.3 Å². The Labute approximate surface area is 152 Å². The lowest BCUT2D eigenvalue weighted by atomic mass is 10.0. The van der Waals surface area contributed by atoms with Crippen molar-refractivity contribution in [2.45, 2.75) is 52.7 Å². The summed E-state index contributed by atoms with van der Waals surface area (Å²) < 4.78 is 11.6. The number of allylic oxidation sites excluding steroid dienone is 1. The number of ether oxygens (including phenoxy) is 2. The number of thioether (sulfide) groups is 1. The lowest BCUT2D eigenvalue weighted by Crippen LogP contribution is -2.11. The van der Waals surface area contributed by atoms with Crippen molar-refractivity contribution in [3.8, 4) is 0 Å². The Morgan fingerprint density at radius 2 is 1.92 bits per heavy atom. The summed E-state index contributed by atoms with van der Waals surface area (Å²) in [5, 5.41) is 0. The van der Waals surface area contributed by atoms with Gasteiger partial charge in [0, 0.05) is 22.6 Å². The van der Waals surface area contributed by atoms with Crippen molar-refractivity contribution in [1.82, 2.24) is 0 Å². The van der Waals surface area contributed by atoms with Crippen LogP contribution in [0.2, 0.25) is 0 Å².